The van der Waals surface area contributed by atoms with Gasteiger partial charge in [-0.1, -0.05) is 42.7 Å². The third-order valence-corrected chi connectivity index (χ3v) is 2.84. The molecule has 19 heavy (non-hydrogen) atoms. The number of hydrogen-bond donors (Lipinski definition) is 1. The Kier molecular flexibility index (Phi) is 4.39. The van der Waals surface area contributed by atoms with Gasteiger partial charge in [-0.25, -0.2) is 0 Å². The van der Waals surface area contributed by atoms with Crippen molar-refractivity contribution in [1.82, 2.24) is 10.1 Å². The summed E-state index contributed by atoms with van der Waals surface area (Å²) in [5.74, 6) is 1.64. The molecule has 2 rings (SSSR count). The number of halogens is 1. The van der Waals surface area contributed by atoms with E-state index in [1.165, 1.54) is 0 Å². The molecule has 0 aliphatic heterocycles. The largest absolute Gasteiger partial charge is 0.484 e. The Hall–Kier alpha value is -1.59. The van der Waals surface area contributed by atoms with Gasteiger partial charge in [0.05, 0.1) is 11.6 Å². The fraction of sp³-hybridized carbons (Fsp3) is 0.385. The van der Waals surface area contributed by atoms with Crippen molar-refractivity contribution in [2.75, 3.05) is 0 Å². The highest BCUT2D eigenvalue weighted by Gasteiger charge is 2.12. The molecule has 1 aromatic carbocycles. The molecular weight excluding hydrogens is 268 g/mol. The predicted octanol–water partition coefficient (Wildman–Crippen LogP) is 2.92. The minimum absolute atomic E-state index is 0.140. The van der Waals surface area contributed by atoms with Gasteiger partial charge in [0, 0.05) is 11.5 Å². The summed E-state index contributed by atoms with van der Waals surface area (Å²) in [6.45, 7) is 3.94. The van der Waals surface area contributed by atoms with Gasteiger partial charge in [0.15, 0.2) is 6.61 Å². The Balaban J connectivity index is 2.09. The van der Waals surface area contributed by atoms with Crippen LogP contribution in [0.25, 0.3) is 0 Å². The first-order valence-corrected chi connectivity index (χ1v) is 6.33. The van der Waals surface area contributed by atoms with E-state index in [0.717, 1.165) is 0 Å². The summed E-state index contributed by atoms with van der Waals surface area (Å²) in [5.41, 5.74) is 0.625. The Morgan fingerprint density at radius 3 is 2.84 bits per heavy atom. The molecule has 1 N–H and O–H groups in total. The van der Waals surface area contributed by atoms with Crippen LogP contribution in [-0.4, -0.2) is 15.2 Å². The van der Waals surface area contributed by atoms with Crippen LogP contribution in [0.15, 0.2) is 22.7 Å². The standard InChI is InChI=1S/C13H15ClN2O3/c1-8(2)13-15-11(16-19-13)7-18-12-9(6-17)4-3-5-10(12)14/h3-5,8,17H,6-7H2,1-2H3. The summed E-state index contributed by atoms with van der Waals surface area (Å²) >= 11 is 6.03. The number of aliphatic hydroxyl groups excluding tert-OH is 1. The third-order valence-electron chi connectivity index (χ3n) is 2.54. The number of aliphatic hydroxyl groups is 1. The lowest BCUT2D eigenvalue weighted by Crippen LogP contribution is -2.01. The van der Waals surface area contributed by atoms with E-state index in [9.17, 15) is 5.11 Å². The molecule has 102 valence electrons. The number of nitrogens with zero attached hydrogens (tertiary/aromatic N) is 2. The minimum Gasteiger partial charge on any atom is -0.484 e. The van der Waals surface area contributed by atoms with Gasteiger partial charge in [0.1, 0.15) is 5.75 Å². The Morgan fingerprint density at radius 1 is 1.42 bits per heavy atom. The summed E-state index contributed by atoms with van der Waals surface area (Å²) in [6, 6.07) is 5.20. The number of para-hydroxylation sites is 1. The molecule has 5 nitrogen and oxygen atoms in total. The zero-order valence-electron chi connectivity index (χ0n) is 10.8. The lowest BCUT2D eigenvalue weighted by molar-refractivity contribution is 0.252. The van der Waals surface area contributed by atoms with Crippen LogP contribution in [0.1, 0.15) is 37.0 Å². The van der Waals surface area contributed by atoms with Crippen LogP contribution >= 0.6 is 11.6 Å². The van der Waals surface area contributed by atoms with Crippen molar-refractivity contribution < 1.29 is 14.4 Å². The quantitative estimate of drug-likeness (QED) is 0.913. The summed E-state index contributed by atoms with van der Waals surface area (Å²) < 4.78 is 10.6. The number of rotatable bonds is 5. The summed E-state index contributed by atoms with van der Waals surface area (Å²) in [7, 11) is 0. The highest BCUT2D eigenvalue weighted by Crippen LogP contribution is 2.29. The SMILES string of the molecule is CC(C)c1nc(COc2c(Cl)cccc2CO)no1. The molecule has 0 amide bonds. The number of ether oxygens (including phenoxy) is 1. The average molecular weight is 283 g/mol. The van der Waals surface area contributed by atoms with Crippen molar-refractivity contribution in [3.63, 3.8) is 0 Å². The monoisotopic (exact) mass is 282 g/mol. The van der Waals surface area contributed by atoms with Crippen molar-refractivity contribution in [3.05, 3.63) is 40.5 Å². The first kappa shape index (κ1) is 13.8. The highest BCUT2D eigenvalue weighted by molar-refractivity contribution is 6.32. The first-order chi connectivity index (χ1) is 9.11. The van der Waals surface area contributed by atoms with Crippen LogP contribution in [0, 0.1) is 0 Å². The maximum atomic E-state index is 9.23. The van der Waals surface area contributed by atoms with E-state index < -0.39 is 0 Å². The maximum absolute atomic E-state index is 9.23. The van der Waals surface area contributed by atoms with Crippen LogP contribution in [0.5, 0.6) is 5.75 Å². The molecule has 2 aromatic rings. The lowest BCUT2D eigenvalue weighted by Gasteiger charge is -2.09. The van der Waals surface area contributed by atoms with E-state index in [4.69, 9.17) is 20.9 Å². The second-order valence-corrected chi connectivity index (χ2v) is 4.79. The van der Waals surface area contributed by atoms with E-state index in [2.05, 4.69) is 10.1 Å². The number of hydrogen-bond acceptors (Lipinski definition) is 5. The van der Waals surface area contributed by atoms with Crippen LogP contribution in [0.3, 0.4) is 0 Å². The Bertz CT molecular complexity index is 555. The van der Waals surface area contributed by atoms with Crippen molar-refractivity contribution >= 4 is 11.6 Å². The second-order valence-electron chi connectivity index (χ2n) is 4.38. The second kappa shape index (κ2) is 6.04. The molecular formula is C13H15ClN2O3. The molecule has 0 aliphatic rings. The van der Waals surface area contributed by atoms with Gasteiger partial charge in [-0.3, -0.25) is 0 Å². The summed E-state index contributed by atoms with van der Waals surface area (Å²) in [4.78, 5) is 4.20. The fourth-order valence-corrected chi connectivity index (χ4v) is 1.79. The van der Waals surface area contributed by atoms with Crippen LogP contribution < -0.4 is 4.74 Å². The van der Waals surface area contributed by atoms with E-state index in [1.807, 2.05) is 13.8 Å². The topological polar surface area (TPSA) is 68.4 Å². The Labute approximate surface area is 116 Å². The molecule has 6 heteroatoms. The van der Waals surface area contributed by atoms with Crippen molar-refractivity contribution in [2.24, 2.45) is 0 Å². The van der Waals surface area contributed by atoms with Gasteiger partial charge >= 0.3 is 0 Å². The minimum atomic E-state index is -0.140. The first-order valence-electron chi connectivity index (χ1n) is 5.95. The van der Waals surface area contributed by atoms with E-state index in [1.54, 1.807) is 18.2 Å². The fourth-order valence-electron chi connectivity index (χ4n) is 1.54. The maximum Gasteiger partial charge on any atom is 0.229 e. The van der Waals surface area contributed by atoms with Gasteiger partial charge < -0.3 is 14.4 Å². The zero-order chi connectivity index (χ0) is 13.8. The smallest absolute Gasteiger partial charge is 0.229 e. The van der Waals surface area contributed by atoms with Crippen LogP contribution in [0.2, 0.25) is 5.02 Å². The summed E-state index contributed by atoms with van der Waals surface area (Å²) in [5, 5.41) is 13.5. The van der Waals surface area contributed by atoms with Gasteiger partial charge in [0.2, 0.25) is 11.7 Å². The molecule has 0 spiro atoms. The molecule has 1 heterocycles. The average Bonchev–Trinajstić information content (AvgIpc) is 2.86. The van der Waals surface area contributed by atoms with Crippen molar-refractivity contribution in [3.8, 4) is 5.75 Å². The van der Waals surface area contributed by atoms with Crippen molar-refractivity contribution in [1.29, 1.82) is 0 Å². The van der Waals surface area contributed by atoms with Gasteiger partial charge in [0.25, 0.3) is 0 Å². The molecule has 0 atom stereocenters. The summed E-state index contributed by atoms with van der Waals surface area (Å²) in [6.07, 6.45) is 0. The molecule has 0 saturated heterocycles. The molecule has 0 fully saturated rings. The predicted molar refractivity (Wildman–Crippen MR) is 70.1 cm³/mol. The molecule has 0 bridgehead atoms. The van der Waals surface area contributed by atoms with Crippen molar-refractivity contribution in [2.45, 2.75) is 33.0 Å². The van der Waals surface area contributed by atoms with E-state index in [-0.39, 0.29) is 19.1 Å². The van der Waals surface area contributed by atoms with Crippen LogP contribution in [-0.2, 0) is 13.2 Å². The van der Waals surface area contributed by atoms with Crippen LogP contribution in [0.4, 0.5) is 0 Å². The number of benzene rings is 1. The van der Waals surface area contributed by atoms with E-state index in [0.29, 0.717) is 28.1 Å². The molecule has 1 aromatic heterocycles. The molecule has 0 saturated carbocycles. The molecule has 0 radical (unpaired) electrons. The van der Waals surface area contributed by atoms with Gasteiger partial charge in [-0.2, -0.15) is 4.98 Å². The Morgan fingerprint density at radius 2 is 2.21 bits per heavy atom. The highest BCUT2D eigenvalue weighted by atomic mass is 35.5. The zero-order valence-corrected chi connectivity index (χ0v) is 11.5. The normalized spacial score (nSPS) is 11.0. The number of aromatic nitrogens is 2. The molecule has 0 unspecified atom stereocenters. The van der Waals surface area contributed by atoms with E-state index >= 15 is 0 Å². The lowest BCUT2D eigenvalue weighted by atomic mass is 10.2. The third kappa shape index (κ3) is 3.24. The van der Waals surface area contributed by atoms with Gasteiger partial charge in [-0.15, -0.1) is 0 Å². The van der Waals surface area contributed by atoms with Gasteiger partial charge in [-0.05, 0) is 6.07 Å². The molecule has 0 aliphatic carbocycles.